The summed E-state index contributed by atoms with van der Waals surface area (Å²) in [4.78, 5) is 15.2. The number of anilines is 1. The standard InChI is InChI=1S/C22H26N2O4S/c1-4-14-23-29(26,27)21-7-5-6-18(15-21)22(25)24(16(2)17-8-9-17)19-10-12-20(28-3)13-11-19/h4-7,10-13,15-17,23H,1,8-9,14H2,2-3H3. The lowest BCUT2D eigenvalue weighted by Crippen LogP contribution is -2.40. The second-order valence-electron chi connectivity index (χ2n) is 7.12. The number of carbonyl (C=O) groups is 1. The van der Waals surface area contributed by atoms with Gasteiger partial charge in [0.05, 0.1) is 12.0 Å². The fraction of sp³-hybridized carbons (Fsp3) is 0.318. The van der Waals surface area contributed by atoms with E-state index in [-0.39, 0.29) is 23.4 Å². The maximum atomic E-state index is 13.4. The van der Waals surface area contributed by atoms with Crippen molar-refractivity contribution < 1.29 is 17.9 Å². The van der Waals surface area contributed by atoms with E-state index in [1.165, 1.54) is 18.2 Å². The van der Waals surface area contributed by atoms with E-state index < -0.39 is 10.0 Å². The smallest absolute Gasteiger partial charge is 0.258 e. The maximum absolute atomic E-state index is 13.4. The van der Waals surface area contributed by atoms with E-state index in [0.717, 1.165) is 18.5 Å². The van der Waals surface area contributed by atoms with Crippen molar-refractivity contribution in [2.45, 2.75) is 30.7 Å². The number of hydrogen-bond donors (Lipinski definition) is 1. The monoisotopic (exact) mass is 414 g/mol. The molecule has 1 unspecified atom stereocenters. The Morgan fingerprint density at radius 2 is 1.97 bits per heavy atom. The van der Waals surface area contributed by atoms with Gasteiger partial charge in [-0.1, -0.05) is 12.1 Å². The third kappa shape index (κ3) is 4.86. The van der Waals surface area contributed by atoms with E-state index in [4.69, 9.17) is 4.74 Å². The van der Waals surface area contributed by atoms with Gasteiger partial charge in [0.1, 0.15) is 5.75 Å². The number of hydrogen-bond acceptors (Lipinski definition) is 4. The van der Waals surface area contributed by atoms with Crippen LogP contribution in [0.2, 0.25) is 0 Å². The van der Waals surface area contributed by atoms with Gasteiger partial charge >= 0.3 is 0 Å². The SMILES string of the molecule is C=CCNS(=O)(=O)c1cccc(C(=O)N(c2ccc(OC)cc2)C(C)C2CC2)c1. The van der Waals surface area contributed by atoms with Crippen molar-refractivity contribution in [2.75, 3.05) is 18.6 Å². The number of nitrogens with one attached hydrogen (secondary N) is 1. The summed E-state index contributed by atoms with van der Waals surface area (Å²) in [6, 6.07) is 13.5. The topological polar surface area (TPSA) is 75.7 Å². The summed E-state index contributed by atoms with van der Waals surface area (Å²) in [7, 11) is -2.12. The number of methoxy groups -OCH3 is 1. The minimum atomic E-state index is -3.71. The Balaban J connectivity index is 1.95. The molecule has 0 saturated heterocycles. The fourth-order valence-corrected chi connectivity index (χ4v) is 4.30. The largest absolute Gasteiger partial charge is 0.497 e. The summed E-state index contributed by atoms with van der Waals surface area (Å²) < 4.78 is 32.5. The van der Waals surface area contributed by atoms with Crippen molar-refractivity contribution in [3.05, 3.63) is 66.7 Å². The molecule has 0 aromatic heterocycles. The zero-order valence-electron chi connectivity index (χ0n) is 16.7. The molecule has 1 amide bonds. The predicted molar refractivity (Wildman–Crippen MR) is 114 cm³/mol. The summed E-state index contributed by atoms with van der Waals surface area (Å²) in [6.07, 6.45) is 3.64. The Morgan fingerprint density at radius 3 is 2.55 bits per heavy atom. The molecule has 6 nitrogen and oxygen atoms in total. The molecule has 0 heterocycles. The highest BCUT2D eigenvalue weighted by molar-refractivity contribution is 7.89. The van der Waals surface area contributed by atoms with E-state index >= 15 is 0 Å². The molecule has 2 aromatic rings. The second-order valence-corrected chi connectivity index (χ2v) is 8.89. The molecule has 0 aliphatic heterocycles. The van der Waals surface area contributed by atoms with Gasteiger partial charge in [0.15, 0.2) is 0 Å². The Morgan fingerprint density at radius 1 is 1.28 bits per heavy atom. The van der Waals surface area contributed by atoms with Gasteiger partial charge < -0.3 is 9.64 Å². The summed E-state index contributed by atoms with van der Waals surface area (Å²) in [5, 5.41) is 0. The van der Waals surface area contributed by atoms with Gasteiger partial charge in [0.2, 0.25) is 10.0 Å². The molecule has 7 heteroatoms. The maximum Gasteiger partial charge on any atom is 0.258 e. The van der Waals surface area contributed by atoms with Crippen molar-refractivity contribution in [3.8, 4) is 5.75 Å². The molecule has 29 heavy (non-hydrogen) atoms. The highest BCUT2D eigenvalue weighted by Crippen LogP contribution is 2.38. The molecule has 0 bridgehead atoms. The van der Waals surface area contributed by atoms with Gasteiger partial charge in [-0.3, -0.25) is 4.79 Å². The lowest BCUT2D eigenvalue weighted by Gasteiger charge is -2.30. The van der Waals surface area contributed by atoms with Crippen molar-refractivity contribution in [3.63, 3.8) is 0 Å². The number of amides is 1. The Labute approximate surface area is 172 Å². The zero-order valence-corrected chi connectivity index (χ0v) is 17.5. The summed E-state index contributed by atoms with van der Waals surface area (Å²) in [5.74, 6) is 0.930. The van der Waals surface area contributed by atoms with Gasteiger partial charge in [0.25, 0.3) is 5.91 Å². The highest BCUT2D eigenvalue weighted by Gasteiger charge is 2.35. The van der Waals surface area contributed by atoms with Crippen molar-refractivity contribution in [1.29, 1.82) is 0 Å². The van der Waals surface area contributed by atoms with E-state index in [1.807, 2.05) is 31.2 Å². The molecule has 1 aliphatic carbocycles. The minimum Gasteiger partial charge on any atom is -0.497 e. The van der Waals surface area contributed by atoms with Gasteiger partial charge in [-0.05, 0) is 68.1 Å². The van der Waals surface area contributed by atoms with Gasteiger partial charge in [-0.25, -0.2) is 13.1 Å². The van der Waals surface area contributed by atoms with E-state index in [0.29, 0.717) is 17.2 Å². The first-order valence-electron chi connectivity index (χ1n) is 9.55. The third-order valence-electron chi connectivity index (χ3n) is 5.09. The average Bonchev–Trinajstić information content (AvgIpc) is 3.58. The van der Waals surface area contributed by atoms with Crippen LogP contribution in [0, 0.1) is 5.92 Å². The number of benzene rings is 2. The number of rotatable bonds is 9. The normalized spacial score (nSPS) is 14.8. The predicted octanol–water partition coefficient (Wildman–Crippen LogP) is 3.60. The lowest BCUT2D eigenvalue weighted by molar-refractivity contribution is 0.0975. The van der Waals surface area contributed by atoms with Gasteiger partial charge in [-0.15, -0.1) is 6.58 Å². The quantitative estimate of drug-likeness (QED) is 0.636. The molecule has 2 aromatic carbocycles. The summed E-state index contributed by atoms with van der Waals surface area (Å²) >= 11 is 0. The minimum absolute atomic E-state index is 0.00930. The average molecular weight is 415 g/mol. The molecule has 1 saturated carbocycles. The fourth-order valence-electron chi connectivity index (χ4n) is 3.26. The first-order chi connectivity index (χ1) is 13.9. The molecular weight excluding hydrogens is 388 g/mol. The molecular formula is C22H26N2O4S. The van der Waals surface area contributed by atoms with Crippen molar-refractivity contribution in [1.82, 2.24) is 4.72 Å². The Bertz CT molecular complexity index is 982. The van der Waals surface area contributed by atoms with Gasteiger partial charge in [0, 0.05) is 23.8 Å². The summed E-state index contributed by atoms with van der Waals surface area (Å²) in [5.41, 5.74) is 1.09. The third-order valence-corrected chi connectivity index (χ3v) is 6.51. The zero-order chi connectivity index (χ0) is 21.0. The summed E-state index contributed by atoms with van der Waals surface area (Å²) in [6.45, 7) is 5.67. The molecule has 3 rings (SSSR count). The van der Waals surface area contributed by atoms with Crippen LogP contribution in [0.15, 0.2) is 66.1 Å². The van der Waals surface area contributed by atoms with Gasteiger partial charge in [-0.2, -0.15) is 0 Å². The number of ether oxygens (including phenoxy) is 1. The molecule has 154 valence electrons. The number of sulfonamides is 1. The van der Waals surface area contributed by atoms with Crippen LogP contribution in [0.1, 0.15) is 30.1 Å². The van der Waals surface area contributed by atoms with Crippen molar-refractivity contribution in [2.24, 2.45) is 5.92 Å². The lowest BCUT2D eigenvalue weighted by atomic mass is 10.1. The van der Waals surface area contributed by atoms with Crippen LogP contribution in [-0.2, 0) is 10.0 Å². The first-order valence-corrected chi connectivity index (χ1v) is 11.0. The van der Waals surface area contributed by atoms with Crippen molar-refractivity contribution >= 4 is 21.6 Å². The first kappa shape index (κ1) is 21.1. The number of carbonyl (C=O) groups excluding carboxylic acids is 1. The molecule has 1 fully saturated rings. The number of nitrogens with zero attached hydrogens (tertiary/aromatic N) is 1. The van der Waals surface area contributed by atoms with Crippen LogP contribution in [0.25, 0.3) is 0 Å². The molecule has 1 N–H and O–H groups in total. The van der Waals surface area contributed by atoms with E-state index in [1.54, 1.807) is 24.1 Å². The highest BCUT2D eigenvalue weighted by atomic mass is 32.2. The van der Waals surface area contributed by atoms with Crippen LogP contribution in [0.4, 0.5) is 5.69 Å². The Hall–Kier alpha value is -2.64. The van der Waals surface area contributed by atoms with E-state index in [9.17, 15) is 13.2 Å². The van der Waals surface area contributed by atoms with Crippen LogP contribution in [0.5, 0.6) is 5.75 Å². The molecule has 1 aliphatic rings. The van der Waals surface area contributed by atoms with Crippen LogP contribution < -0.4 is 14.4 Å². The van der Waals surface area contributed by atoms with E-state index in [2.05, 4.69) is 11.3 Å². The molecule has 0 radical (unpaired) electrons. The van der Waals surface area contributed by atoms with Crippen LogP contribution in [-0.4, -0.2) is 34.0 Å². The Kier molecular flexibility index (Phi) is 6.39. The second kappa shape index (κ2) is 8.80. The molecule has 1 atom stereocenters. The van der Waals surface area contributed by atoms with Crippen LogP contribution in [0.3, 0.4) is 0 Å². The molecule has 0 spiro atoms. The van der Waals surface area contributed by atoms with Crippen LogP contribution >= 0.6 is 0 Å².